The average Bonchev–Trinajstić information content (AvgIpc) is 3.72. The number of carbonyl (C=O) groups is 2. The number of pyridine rings is 1. The number of ether oxygens (including phenoxy) is 2. The summed E-state index contributed by atoms with van der Waals surface area (Å²) in [5.41, 5.74) is 3.94. The van der Waals surface area contributed by atoms with Crippen LogP contribution in [-0.4, -0.2) is 77.3 Å². The number of halogens is 2. The second kappa shape index (κ2) is 13.0. The second-order valence-electron chi connectivity index (χ2n) is 11.3. The summed E-state index contributed by atoms with van der Waals surface area (Å²) >= 11 is 1.39. The van der Waals surface area contributed by atoms with Crippen molar-refractivity contribution in [3.8, 4) is 39.5 Å². The van der Waals surface area contributed by atoms with Crippen LogP contribution in [0.1, 0.15) is 29.0 Å². The summed E-state index contributed by atoms with van der Waals surface area (Å²) in [6.45, 7) is 6.72. The first-order valence-corrected chi connectivity index (χ1v) is 15.9. The van der Waals surface area contributed by atoms with Crippen LogP contribution in [0.3, 0.4) is 0 Å². The van der Waals surface area contributed by atoms with Crippen LogP contribution in [-0.2, 0) is 16.1 Å². The van der Waals surface area contributed by atoms with Crippen molar-refractivity contribution in [2.24, 2.45) is 0 Å². The normalized spacial score (nSPS) is 14.3. The first-order valence-electron chi connectivity index (χ1n) is 15.0. The lowest BCUT2D eigenvalue weighted by atomic mass is 9.96. The Morgan fingerprint density at radius 1 is 1.06 bits per heavy atom. The van der Waals surface area contributed by atoms with Crippen molar-refractivity contribution in [1.29, 1.82) is 0 Å². The highest BCUT2D eigenvalue weighted by Gasteiger charge is 2.31. The van der Waals surface area contributed by atoms with Crippen LogP contribution in [0.15, 0.2) is 66.6 Å². The number of nitrogens with zero attached hydrogens (tertiary/aromatic N) is 5. The average molecular weight is 658 g/mol. The van der Waals surface area contributed by atoms with Crippen molar-refractivity contribution in [3.63, 3.8) is 0 Å². The van der Waals surface area contributed by atoms with Crippen LogP contribution in [0.4, 0.5) is 8.78 Å². The van der Waals surface area contributed by atoms with Crippen LogP contribution in [0.2, 0.25) is 0 Å². The Bertz CT molecular complexity index is 2000. The highest BCUT2D eigenvalue weighted by molar-refractivity contribution is 7.18. The van der Waals surface area contributed by atoms with E-state index in [0.29, 0.717) is 46.0 Å². The Balaban J connectivity index is 1.61. The molecular weight excluding hydrogens is 624 g/mol. The minimum Gasteiger partial charge on any atom is -0.490 e. The summed E-state index contributed by atoms with van der Waals surface area (Å²) in [6, 6.07) is 12.6. The number of methoxy groups -OCH3 is 1. The van der Waals surface area contributed by atoms with Gasteiger partial charge in [0.15, 0.2) is 0 Å². The predicted molar refractivity (Wildman–Crippen MR) is 177 cm³/mol. The zero-order valence-electron chi connectivity index (χ0n) is 26.4. The van der Waals surface area contributed by atoms with Crippen molar-refractivity contribution in [2.45, 2.75) is 19.5 Å². The van der Waals surface area contributed by atoms with E-state index in [2.05, 4.69) is 6.58 Å². The maximum atomic E-state index is 16.0. The molecule has 2 amide bonds. The third-order valence-electron chi connectivity index (χ3n) is 8.19. The van der Waals surface area contributed by atoms with Crippen molar-refractivity contribution < 1.29 is 27.8 Å². The highest BCUT2D eigenvalue weighted by atomic mass is 32.1. The van der Waals surface area contributed by atoms with Gasteiger partial charge in [0.05, 0.1) is 36.1 Å². The highest BCUT2D eigenvalue weighted by Crippen LogP contribution is 2.47. The molecule has 4 heterocycles. The molecule has 47 heavy (non-hydrogen) atoms. The molecule has 6 rings (SSSR count). The molecule has 242 valence electrons. The Morgan fingerprint density at radius 3 is 2.53 bits per heavy atom. The number of aromatic nitrogens is 3. The molecule has 0 aliphatic carbocycles. The molecule has 0 spiro atoms. The molecule has 0 fully saturated rings. The Morgan fingerprint density at radius 2 is 1.83 bits per heavy atom. The maximum absolute atomic E-state index is 16.0. The fraction of sp³-hybridized carbons (Fsp3) is 0.257. The van der Waals surface area contributed by atoms with Gasteiger partial charge in [-0.05, 0) is 42.6 Å². The van der Waals surface area contributed by atoms with E-state index in [4.69, 9.17) is 19.6 Å². The molecule has 0 unspecified atom stereocenters. The number of thiophene rings is 1. The largest absolute Gasteiger partial charge is 0.490 e. The van der Waals surface area contributed by atoms with Gasteiger partial charge < -0.3 is 19.3 Å². The standard InChI is InChI=1S/C35H33F2N5O4S/c1-6-29(43)41-12-13-42-27(20(41)2)19-26(39-42)33-31(30-25(37)17-23(36)18-28(30)46-15-14-45-5)34-24(11-16-47-34)32(38-33)21-7-9-22(10-8-21)35(44)40(3)4/h6-11,16-20H,1,12-15H2,2-5H3/t20-/m1/s1. The van der Waals surface area contributed by atoms with E-state index < -0.39 is 11.6 Å². The summed E-state index contributed by atoms with van der Waals surface area (Å²) in [5, 5.41) is 7.53. The van der Waals surface area contributed by atoms with E-state index >= 15 is 4.39 Å². The van der Waals surface area contributed by atoms with E-state index in [1.807, 2.05) is 41.3 Å². The molecule has 3 aromatic heterocycles. The van der Waals surface area contributed by atoms with Crippen LogP contribution in [0, 0.1) is 11.6 Å². The summed E-state index contributed by atoms with van der Waals surface area (Å²) in [6.07, 6.45) is 1.29. The van der Waals surface area contributed by atoms with Gasteiger partial charge >= 0.3 is 0 Å². The lowest BCUT2D eigenvalue weighted by Crippen LogP contribution is -2.40. The third-order valence-corrected chi connectivity index (χ3v) is 9.12. The van der Waals surface area contributed by atoms with Gasteiger partial charge in [-0.15, -0.1) is 11.3 Å². The third kappa shape index (κ3) is 5.90. The number of carbonyl (C=O) groups excluding carboxylic acids is 2. The molecular formula is C35H33F2N5O4S. The van der Waals surface area contributed by atoms with E-state index in [1.165, 1.54) is 29.4 Å². The quantitative estimate of drug-likeness (QED) is 0.131. The Kier molecular flexibility index (Phi) is 8.89. The zero-order chi connectivity index (χ0) is 33.4. The smallest absolute Gasteiger partial charge is 0.253 e. The zero-order valence-corrected chi connectivity index (χ0v) is 27.2. The van der Waals surface area contributed by atoms with Gasteiger partial charge in [-0.3, -0.25) is 14.3 Å². The van der Waals surface area contributed by atoms with Crippen LogP contribution in [0.5, 0.6) is 5.75 Å². The molecule has 1 atom stereocenters. The fourth-order valence-corrected chi connectivity index (χ4v) is 6.82. The molecule has 9 nitrogen and oxygen atoms in total. The number of benzene rings is 2. The minimum atomic E-state index is -0.811. The van der Waals surface area contributed by atoms with Crippen molar-refractivity contribution in [2.75, 3.05) is 41.0 Å². The van der Waals surface area contributed by atoms with Crippen molar-refractivity contribution in [1.82, 2.24) is 24.6 Å². The van der Waals surface area contributed by atoms with Gasteiger partial charge in [0.25, 0.3) is 5.91 Å². The lowest BCUT2D eigenvalue weighted by molar-refractivity contribution is -0.129. The van der Waals surface area contributed by atoms with E-state index in [-0.39, 0.29) is 42.4 Å². The van der Waals surface area contributed by atoms with Gasteiger partial charge in [0.1, 0.15) is 35.4 Å². The molecule has 0 N–H and O–H groups in total. The number of rotatable bonds is 9. The monoisotopic (exact) mass is 657 g/mol. The second-order valence-corrected chi connectivity index (χ2v) is 12.2. The molecule has 12 heteroatoms. The van der Waals surface area contributed by atoms with Gasteiger partial charge in [-0.25, -0.2) is 13.8 Å². The SMILES string of the molecule is C=CC(=O)N1CCn2nc(-c3nc(-c4ccc(C(=O)N(C)C)cc4)c4ccsc4c3-c3c(F)cc(F)cc3OCCOC)cc2[C@H]1C. The van der Waals surface area contributed by atoms with E-state index in [1.54, 1.807) is 31.1 Å². The molecule has 0 radical (unpaired) electrons. The summed E-state index contributed by atoms with van der Waals surface area (Å²) in [5.74, 6) is -1.89. The molecule has 0 bridgehead atoms. The van der Waals surface area contributed by atoms with Crippen molar-refractivity contribution in [3.05, 3.63) is 89.5 Å². The fourth-order valence-electron chi connectivity index (χ4n) is 5.87. The molecule has 0 saturated carbocycles. The van der Waals surface area contributed by atoms with Crippen LogP contribution >= 0.6 is 11.3 Å². The minimum absolute atomic E-state index is 0.0108. The summed E-state index contributed by atoms with van der Waals surface area (Å²) in [7, 11) is 4.90. The van der Waals surface area contributed by atoms with E-state index in [0.717, 1.165) is 28.8 Å². The number of fused-ring (bicyclic) bond motifs is 2. The first-order chi connectivity index (χ1) is 22.6. The number of amides is 2. The van der Waals surface area contributed by atoms with Crippen LogP contribution in [0.25, 0.3) is 43.9 Å². The molecule has 0 saturated heterocycles. The van der Waals surface area contributed by atoms with Crippen LogP contribution < -0.4 is 4.74 Å². The summed E-state index contributed by atoms with van der Waals surface area (Å²) < 4.78 is 44.2. The maximum Gasteiger partial charge on any atom is 0.253 e. The van der Waals surface area contributed by atoms with Crippen molar-refractivity contribution >= 4 is 33.2 Å². The molecule has 1 aliphatic heterocycles. The Labute approximate surface area is 274 Å². The lowest BCUT2D eigenvalue weighted by Gasteiger charge is -2.33. The predicted octanol–water partition coefficient (Wildman–Crippen LogP) is 6.59. The number of hydrogen-bond acceptors (Lipinski definition) is 7. The molecule has 2 aromatic carbocycles. The number of hydrogen-bond donors (Lipinski definition) is 0. The summed E-state index contributed by atoms with van der Waals surface area (Å²) in [4.78, 5) is 33.5. The Hall–Kier alpha value is -4.94. The van der Waals surface area contributed by atoms with Gasteiger partial charge in [-0.1, -0.05) is 18.7 Å². The first kappa shape index (κ1) is 32.0. The van der Waals surface area contributed by atoms with E-state index in [9.17, 15) is 14.0 Å². The topological polar surface area (TPSA) is 89.8 Å². The molecule has 5 aromatic rings. The van der Waals surface area contributed by atoms with Gasteiger partial charge in [0, 0.05) is 66.7 Å². The van der Waals surface area contributed by atoms with Gasteiger partial charge in [-0.2, -0.15) is 5.10 Å². The van der Waals surface area contributed by atoms with Gasteiger partial charge in [0.2, 0.25) is 5.91 Å². The molecule has 1 aliphatic rings.